The minimum atomic E-state index is -0.990. The van der Waals surface area contributed by atoms with Crippen LogP contribution in [0.3, 0.4) is 0 Å². The molecule has 1 aromatic heterocycles. The fourth-order valence-electron chi connectivity index (χ4n) is 2.74. The number of nitrogens with two attached hydrogens (primary N) is 1. The molecule has 3 rings (SSSR count). The van der Waals surface area contributed by atoms with Gasteiger partial charge in [-0.25, -0.2) is 0 Å². The molecule has 0 fully saturated rings. The highest BCUT2D eigenvalue weighted by Gasteiger charge is 2.24. The van der Waals surface area contributed by atoms with Gasteiger partial charge in [-0.15, -0.1) is 0 Å². The van der Waals surface area contributed by atoms with Crippen molar-refractivity contribution >= 4 is 22.6 Å². The van der Waals surface area contributed by atoms with Gasteiger partial charge in [-0.3, -0.25) is 9.48 Å². The Hall–Kier alpha value is -2.86. The lowest BCUT2D eigenvalue weighted by molar-refractivity contribution is -0.120. The zero-order chi connectivity index (χ0) is 19.6. The number of hydrogen-bond acceptors (Lipinski definition) is 4. The lowest BCUT2D eigenvalue weighted by Crippen LogP contribution is -2.45. The van der Waals surface area contributed by atoms with Crippen LogP contribution in [0.1, 0.15) is 33.3 Å². The lowest BCUT2D eigenvalue weighted by atomic mass is 10.1. The molecule has 27 heavy (non-hydrogen) atoms. The van der Waals surface area contributed by atoms with Crippen LogP contribution in [0.2, 0.25) is 0 Å². The summed E-state index contributed by atoms with van der Waals surface area (Å²) in [6.07, 6.45) is 0.0742. The SMILES string of the molecule is CC(C)Oc1ccc2c(NC(=O)C(C)(C)N)nn(Cc3ccccc3)c2c1. The Morgan fingerprint density at radius 3 is 2.56 bits per heavy atom. The number of carbonyl (C=O) groups is 1. The van der Waals surface area contributed by atoms with E-state index in [1.165, 1.54) is 0 Å². The van der Waals surface area contributed by atoms with E-state index in [4.69, 9.17) is 10.5 Å². The van der Waals surface area contributed by atoms with E-state index >= 15 is 0 Å². The molecular formula is C21H26N4O2. The predicted octanol–water partition coefficient (Wildman–Crippen LogP) is 3.55. The Balaban J connectivity index is 2.04. The first kappa shape index (κ1) is 18.9. The zero-order valence-electron chi connectivity index (χ0n) is 16.2. The first-order chi connectivity index (χ1) is 12.7. The molecule has 1 heterocycles. The van der Waals surface area contributed by atoms with Gasteiger partial charge >= 0.3 is 0 Å². The van der Waals surface area contributed by atoms with Gasteiger partial charge in [0.05, 0.1) is 23.7 Å². The number of nitrogens with one attached hydrogen (secondary N) is 1. The van der Waals surface area contributed by atoms with E-state index in [9.17, 15) is 4.79 Å². The second-order valence-corrected chi connectivity index (χ2v) is 7.51. The molecule has 0 spiro atoms. The Kier molecular flexibility index (Phi) is 5.19. The van der Waals surface area contributed by atoms with Crippen molar-refractivity contribution in [2.24, 2.45) is 5.73 Å². The summed E-state index contributed by atoms with van der Waals surface area (Å²) in [6.45, 7) is 7.89. The highest BCUT2D eigenvalue weighted by atomic mass is 16.5. The van der Waals surface area contributed by atoms with Crippen molar-refractivity contribution in [1.82, 2.24) is 9.78 Å². The smallest absolute Gasteiger partial charge is 0.245 e. The fourth-order valence-corrected chi connectivity index (χ4v) is 2.74. The Morgan fingerprint density at radius 1 is 1.22 bits per heavy atom. The normalized spacial score (nSPS) is 11.8. The monoisotopic (exact) mass is 366 g/mol. The molecule has 1 amide bonds. The van der Waals surface area contributed by atoms with Gasteiger partial charge in [-0.1, -0.05) is 30.3 Å². The first-order valence-electron chi connectivity index (χ1n) is 9.05. The molecule has 0 radical (unpaired) electrons. The number of anilines is 1. The largest absolute Gasteiger partial charge is 0.491 e. The topological polar surface area (TPSA) is 82.2 Å². The van der Waals surface area contributed by atoms with Gasteiger partial charge in [-0.05, 0) is 45.4 Å². The molecule has 0 unspecified atom stereocenters. The summed E-state index contributed by atoms with van der Waals surface area (Å²) in [4.78, 5) is 12.3. The highest BCUT2D eigenvalue weighted by molar-refractivity contribution is 6.03. The van der Waals surface area contributed by atoms with Gasteiger partial charge in [0.25, 0.3) is 0 Å². The number of benzene rings is 2. The molecule has 0 aliphatic rings. The standard InChI is InChI=1S/C21H26N4O2/c1-14(2)27-16-10-11-17-18(12-16)25(13-15-8-6-5-7-9-15)24-19(17)23-20(26)21(3,4)22/h5-12,14H,13,22H2,1-4H3,(H,23,24,26). The van der Waals surface area contributed by atoms with Crippen molar-refractivity contribution in [3.05, 3.63) is 54.1 Å². The van der Waals surface area contributed by atoms with Crippen LogP contribution in [-0.4, -0.2) is 27.3 Å². The van der Waals surface area contributed by atoms with Crippen LogP contribution in [0, 0.1) is 0 Å². The quantitative estimate of drug-likeness (QED) is 0.699. The second kappa shape index (κ2) is 7.40. The average molecular weight is 366 g/mol. The third-order valence-electron chi connectivity index (χ3n) is 4.09. The van der Waals surface area contributed by atoms with Crippen molar-refractivity contribution in [3.8, 4) is 5.75 Å². The van der Waals surface area contributed by atoms with Crippen LogP contribution in [-0.2, 0) is 11.3 Å². The van der Waals surface area contributed by atoms with E-state index in [2.05, 4.69) is 10.4 Å². The molecule has 2 aromatic carbocycles. The van der Waals surface area contributed by atoms with Gasteiger partial charge in [0.15, 0.2) is 5.82 Å². The molecule has 0 aliphatic heterocycles. The molecule has 0 saturated carbocycles. The maximum Gasteiger partial charge on any atom is 0.245 e. The number of hydrogen-bond donors (Lipinski definition) is 2. The number of ether oxygens (including phenoxy) is 1. The highest BCUT2D eigenvalue weighted by Crippen LogP contribution is 2.28. The van der Waals surface area contributed by atoms with E-state index in [1.807, 2.05) is 67.1 Å². The minimum Gasteiger partial charge on any atom is -0.491 e. The van der Waals surface area contributed by atoms with Crippen LogP contribution in [0.15, 0.2) is 48.5 Å². The molecule has 0 saturated heterocycles. The van der Waals surface area contributed by atoms with E-state index in [0.717, 1.165) is 22.2 Å². The molecule has 0 bridgehead atoms. The Morgan fingerprint density at radius 2 is 1.93 bits per heavy atom. The number of carbonyl (C=O) groups excluding carboxylic acids is 1. The van der Waals surface area contributed by atoms with E-state index < -0.39 is 5.54 Å². The molecule has 142 valence electrons. The van der Waals surface area contributed by atoms with Crippen LogP contribution in [0.5, 0.6) is 5.75 Å². The number of amides is 1. The maximum atomic E-state index is 12.3. The number of nitrogens with zero attached hydrogens (tertiary/aromatic N) is 2. The van der Waals surface area contributed by atoms with Crippen LogP contribution in [0.25, 0.3) is 10.9 Å². The van der Waals surface area contributed by atoms with Crippen molar-refractivity contribution < 1.29 is 9.53 Å². The van der Waals surface area contributed by atoms with Gasteiger partial charge in [0.1, 0.15) is 5.75 Å². The summed E-state index contributed by atoms with van der Waals surface area (Å²) in [5.74, 6) is 0.987. The van der Waals surface area contributed by atoms with Crippen molar-refractivity contribution in [1.29, 1.82) is 0 Å². The number of fused-ring (bicyclic) bond motifs is 1. The van der Waals surface area contributed by atoms with Crippen molar-refractivity contribution in [3.63, 3.8) is 0 Å². The van der Waals surface area contributed by atoms with E-state index in [0.29, 0.717) is 12.4 Å². The van der Waals surface area contributed by atoms with Crippen molar-refractivity contribution in [2.75, 3.05) is 5.32 Å². The Labute approximate surface area is 159 Å². The minimum absolute atomic E-state index is 0.0742. The first-order valence-corrected chi connectivity index (χ1v) is 9.05. The lowest BCUT2D eigenvalue weighted by Gasteiger charge is -2.16. The summed E-state index contributed by atoms with van der Waals surface area (Å²) in [7, 11) is 0. The molecule has 3 N–H and O–H groups in total. The molecule has 3 aromatic rings. The van der Waals surface area contributed by atoms with Crippen LogP contribution < -0.4 is 15.8 Å². The number of aromatic nitrogens is 2. The molecule has 0 aliphatic carbocycles. The van der Waals surface area contributed by atoms with Crippen molar-refractivity contribution in [2.45, 2.75) is 45.9 Å². The maximum absolute atomic E-state index is 12.3. The third kappa shape index (κ3) is 4.46. The molecule has 6 nitrogen and oxygen atoms in total. The Bertz CT molecular complexity index is 940. The summed E-state index contributed by atoms with van der Waals surface area (Å²) in [5.41, 5.74) is 6.93. The summed E-state index contributed by atoms with van der Waals surface area (Å²) in [6, 6.07) is 15.8. The van der Waals surface area contributed by atoms with Crippen LogP contribution >= 0.6 is 0 Å². The second-order valence-electron chi connectivity index (χ2n) is 7.51. The van der Waals surface area contributed by atoms with Gasteiger partial charge < -0.3 is 15.8 Å². The van der Waals surface area contributed by atoms with E-state index in [-0.39, 0.29) is 12.0 Å². The average Bonchev–Trinajstić information content (AvgIpc) is 2.91. The third-order valence-corrected chi connectivity index (χ3v) is 4.09. The molecule has 0 atom stereocenters. The number of rotatable bonds is 6. The fraction of sp³-hybridized carbons (Fsp3) is 0.333. The summed E-state index contributed by atoms with van der Waals surface area (Å²) >= 11 is 0. The van der Waals surface area contributed by atoms with Gasteiger partial charge in [-0.2, -0.15) is 5.10 Å². The zero-order valence-corrected chi connectivity index (χ0v) is 16.2. The van der Waals surface area contributed by atoms with Gasteiger partial charge in [0.2, 0.25) is 5.91 Å². The summed E-state index contributed by atoms with van der Waals surface area (Å²) in [5, 5.41) is 8.33. The molecular weight excluding hydrogens is 340 g/mol. The van der Waals surface area contributed by atoms with Crippen LogP contribution in [0.4, 0.5) is 5.82 Å². The summed E-state index contributed by atoms with van der Waals surface area (Å²) < 4.78 is 7.70. The molecule has 6 heteroatoms. The van der Waals surface area contributed by atoms with E-state index in [1.54, 1.807) is 13.8 Å². The van der Waals surface area contributed by atoms with Gasteiger partial charge in [0, 0.05) is 11.5 Å². The predicted molar refractivity (Wildman–Crippen MR) is 108 cm³/mol.